The first-order valence-corrected chi connectivity index (χ1v) is 6.72. The van der Waals surface area contributed by atoms with Gasteiger partial charge >= 0.3 is 0 Å². The Labute approximate surface area is 97.8 Å². The van der Waals surface area contributed by atoms with Crippen molar-refractivity contribution >= 4 is 11.9 Å². The third-order valence-corrected chi connectivity index (χ3v) is 3.33. The van der Waals surface area contributed by atoms with Gasteiger partial charge in [0.05, 0.1) is 0 Å². The molecule has 2 heteroatoms. The van der Waals surface area contributed by atoms with Gasteiger partial charge in [-0.15, -0.1) is 0 Å². The van der Waals surface area contributed by atoms with Gasteiger partial charge in [0.15, 0.2) is 0 Å². The minimum absolute atomic E-state index is 0.550. The van der Waals surface area contributed by atoms with E-state index in [9.17, 15) is 0 Å². The Bertz CT molecular complexity index is 248. The SMILES string of the molecule is CCCCSNC(C)Cc1ccccc1. The Morgan fingerprint density at radius 1 is 1.27 bits per heavy atom. The lowest BCUT2D eigenvalue weighted by atomic mass is 10.1. The highest BCUT2D eigenvalue weighted by Crippen LogP contribution is 2.06. The number of benzene rings is 1. The van der Waals surface area contributed by atoms with Crippen molar-refractivity contribution in [2.45, 2.75) is 39.2 Å². The molecule has 0 saturated heterocycles. The Morgan fingerprint density at radius 2 is 2.00 bits per heavy atom. The summed E-state index contributed by atoms with van der Waals surface area (Å²) < 4.78 is 3.48. The zero-order valence-corrected chi connectivity index (χ0v) is 10.5. The summed E-state index contributed by atoms with van der Waals surface area (Å²) in [6.07, 6.45) is 3.69. The molecule has 1 unspecified atom stereocenters. The average Bonchev–Trinajstić information content (AvgIpc) is 2.26. The van der Waals surface area contributed by atoms with Crippen LogP contribution in [-0.2, 0) is 6.42 Å². The van der Waals surface area contributed by atoms with Gasteiger partial charge in [-0.3, -0.25) is 4.72 Å². The van der Waals surface area contributed by atoms with E-state index in [1.807, 2.05) is 11.9 Å². The molecule has 0 amide bonds. The quantitative estimate of drug-likeness (QED) is 0.559. The summed E-state index contributed by atoms with van der Waals surface area (Å²) in [6.45, 7) is 4.47. The third-order valence-electron chi connectivity index (χ3n) is 2.27. The van der Waals surface area contributed by atoms with E-state index in [1.54, 1.807) is 0 Å². The number of rotatable bonds is 7. The lowest BCUT2D eigenvalue weighted by molar-refractivity contribution is 0.688. The van der Waals surface area contributed by atoms with Crippen molar-refractivity contribution < 1.29 is 0 Å². The normalized spacial score (nSPS) is 12.7. The molecule has 1 aromatic rings. The zero-order chi connectivity index (χ0) is 10.9. The van der Waals surface area contributed by atoms with Crippen molar-refractivity contribution in [1.29, 1.82) is 0 Å². The first kappa shape index (κ1) is 12.6. The van der Waals surface area contributed by atoms with E-state index in [0.29, 0.717) is 6.04 Å². The van der Waals surface area contributed by atoms with Crippen molar-refractivity contribution in [2.24, 2.45) is 0 Å². The van der Waals surface area contributed by atoms with Crippen LogP contribution >= 0.6 is 11.9 Å². The van der Waals surface area contributed by atoms with E-state index in [2.05, 4.69) is 48.9 Å². The van der Waals surface area contributed by atoms with Gasteiger partial charge in [0.25, 0.3) is 0 Å². The predicted octanol–water partition coefficient (Wildman–Crippen LogP) is 3.66. The molecule has 0 fully saturated rings. The number of nitrogens with one attached hydrogen (secondary N) is 1. The second-order valence-electron chi connectivity index (χ2n) is 3.91. The zero-order valence-electron chi connectivity index (χ0n) is 9.70. The van der Waals surface area contributed by atoms with Crippen LogP contribution in [0.15, 0.2) is 30.3 Å². The molecule has 0 bridgehead atoms. The molecule has 1 rings (SSSR count). The van der Waals surface area contributed by atoms with Crippen molar-refractivity contribution in [2.75, 3.05) is 5.75 Å². The summed E-state index contributed by atoms with van der Waals surface area (Å²) >= 11 is 1.86. The Hall–Kier alpha value is -0.470. The van der Waals surface area contributed by atoms with Crippen LogP contribution < -0.4 is 4.72 Å². The first-order valence-electron chi connectivity index (χ1n) is 5.74. The van der Waals surface area contributed by atoms with Crippen molar-refractivity contribution in [3.63, 3.8) is 0 Å². The molecule has 0 spiro atoms. The highest BCUT2D eigenvalue weighted by atomic mass is 32.2. The second-order valence-corrected chi connectivity index (χ2v) is 4.84. The molecule has 0 aliphatic carbocycles. The molecule has 1 aromatic carbocycles. The van der Waals surface area contributed by atoms with Crippen LogP contribution in [0.1, 0.15) is 32.3 Å². The standard InChI is InChI=1S/C13H21NS/c1-3-4-10-15-14-12(2)11-13-8-6-5-7-9-13/h5-9,12,14H,3-4,10-11H2,1-2H3. The van der Waals surface area contributed by atoms with Gasteiger partial charge in [0.2, 0.25) is 0 Å². The van der Waals surface area contributed by atoms with E-state index in [1.165, 1.54) is 24.2 Å². The molecule has 1 atom stereocenters. The monoisotopic (exact) mass is 223 g/mol. The van der Waals surface area contributed by atoms with Crippen LogP contribution in [0.5, 0.6) is 0 Å². The van der Waals surface area contributed by atoms with E-state index in [4.69, 9.17) is 0 Å². The summed E-state index contributed by atoms with van der Waals surface area (Å²) in [5.41, 5.74) is 1.41. The Morgan fingerprint density at radius 3 is 2.67 bits per heavy atom. The highest BCUT2D eigenvalue weighted by molar-refractivity contribution is 7.97. The number of unbranched alkanes of at least 4 members (excludes halogenated alkanes) is 1. The van der Waals surface area contributed by atoms with Crippen LogP contribution in [0.25, 0.3) is 0 Å². The highest BCUT2D eigenvalue weighted by Gasteiger charge is 2.01. The molecule has 0 aliphatic heterocycles. The molecular weight excluding hydrogens is 202 g/mol. The molecular formula is C13H21NS. The Balaban J connectivity index is 2.16. The Kier molecular flexibility index (Phi) is 6.53. The fourth-order valence-electron chi connectivity index (χ4n) is 1.43. The summed E-state index contributed by atoms with van der Waals surface area (Å²) in [5, 5.41) is 0. The molecule has 84 valence electrons. The van der Waals surface area contributed by atoms with Crippen molar-refractivity contribution in [3.8, 4) is 0 Å². The fraction of sp³-hybridized carbons (Fsp3) is 0.538. The fourth-order valence-corrected chi connectivity index (χ4v) is 2.35. The molecule has 0 aliphatic rings. The van der Waals surface area contributed by atoms with Crippen LogP contribution in [-0.4, -0.2) is 11.8 Å². The maximum Gasteiger partial charge on any atom is 0.0183 e. The van der Waals surface area contributed by atoms with Gasteiger partial charge in [0, 0.05) is 11.8 Å². The topological polar surface area (TPSA) is 12.0 Å². The van der Waals surface area contributed by atoms with Gasteiger partial charge in [-0.25, -0.2) is 0 Å². The summed E-state index contributed by atoms with van der Waals surface area (Å²) in [7, 11) is 0. The van der Waals surface area contributed by atoms with E-state index in [-0.39, 0.29) is 0 Å². The maximum atomic E-state index is 3.48. The van der Waals surface area contributed by atoms with Crippen LogP contribution in [0.3, 0.4) is 0 Å². The smallest absolute Gasteiger partial charge is 0.0183 e. The minimum atomic E-state index is 0.550. The van der Waals surface area contributed by atoms with Crippen molar-refractivity contribution in [1.82, 2.24) is 4.72 Å². The summed E-state index contributed by atoms with van der Waals surface area (Å²) in [4.78, 5) is 0. The van der Waals surface area contributed by atoms with Gasteiger partial charge in [-0.2, -0.15) is 0 Å². The maximum absolute atomic E-state index is 3.48. The van der Waals surface area contributed by atoms with Crippen molar-refractivity contribution in [3.05, 3.63) is 35.9 Å². The second kappa shape index (κ2) is 7.77. The molecule has 0 heterocycles. The molecule has 0 saturated carbocycles. The third kappa shape index (κ3) is 5.85. The summed E-state index contributed by atoms with van der Waals surface area (Å²) in [5.74, 6) is 1.22. The molecule has 1 nitrogen and oxygen atoms in total. The van der Waals surface area contributed by atoms with Crippen LogP contribution in [0, 0.1) is 0 Å². The van der Waals surface area contributed by atoms with Crippen LogP contribution in [0.4, 0.5) is 0 Å². The van der Waals surface area contributed by atoms with E-state index < -0.39 is 0 Å². The molecule has 15 heavy (non-hydrogen) atoms. The minimum Gasteiger partial charge on any atom is -0.261 e. The van der Waals surface area contributed by atoms with Gasteiger partial charge in [-0.1, -0.05) is 55.6 Å². The van der Waals surface area contributed by atoms with Gasteiger partial charge in [0.1, 0.15) is 0 Å². The largest absolute Gasteiger partial charge is 0.261 e. The first-order chi connectivity index (χ1) is 7.33. The average molecular weight is 223 g/mol. The van der Waals surface area contributed by atoms with Gasteiger partial charge in [-0.05, 0) is 25.3 Å². The summed E-state index contributed by atoms with van der Waals surface area (Å²) in [6, 6.07) is 11.2. The van der Waals surface area contributed by atoms with E-state index in [0.717, 1.165) is 6.42 Å². The molecule has 0 aromatic heterocycles. The van der Waals surface area contributed by atoms with E-state index >= 15 is 0 Å². The van der Waals surface area contributed by atoms with Crippen LogP contribution in [0.2, 0.25) is 0 Å². The van der Waals surface area contributed by atoms with Gasteiger partial charge < -0.3 is 0 Å². The number of hydrogen-bond donors (Lipinski definition) is 1. The number of hydrogen-bond acceptors (Lipinski definition) is 2. The molecule has 1 N–H and O–H groups in total. The molecule has 0 radical (unpaired) electrons. The predicted molar refractivity (Wildman–Crippen MR) is 70.1 cm³/mol. The lowest BCUT2D eigenvalue weighted by Gasteiger charge is -2.12. The lowest BCUT2D eigenvalue weighted by Crippen LogP contribution is -2.22.